The summed E-state index contributed by atoms with van der Waals surface area (Å²) in [6.07, 6.45) is 1.65. The number of esters is 1. The first-order chi connectivity index (χ1) is 15.0. The van der Waals surface area contributed by atoms with Crippen LogP contribution in [0.15, 0.2) is 83.5 Å². The Labute approximate surface area is 178 Å². The van der Waals surface area contributed by atoms with Gasteiger partial charge in [0.1, 0.15) is 12.4 Å². The second-order valence-corrected chi connectivity index (χ2v) is 6.99. The summed E-state index contributed by atoms with van der Waals surface area (Å²) in [4.78, 5) is 26.9. The molecule has 0 bridgehead atoms. The van der Waals surface area contributed by atoms with Gasteiger partial charge < -0.3 is 9.47 Å². The second kappa shape index (κ2) is 8.62. The molecule has 4 rings (SSSR count). The van der Waals surface area contributed by atoms with E-state index < -0.39 is 10.9 Å². The number of cyclic esters (lactones) is 1. The Hall–Kier alpha value is -4.26. The van der Waals surface area contributed by atoms with Crippen LogP contribution in [0.25, 0.3) is 6.08 Å². The summed E-state index contributed by atoms with van der Waals surface area (Å²) in [5, 5.41) is 10.9. The van der Waals surface area contributed by atoms with E-state index in [1.165, 1.54) is 12.1 Å². The number of carbonyl (C=O) groups excluding carboxylic acids is 1. The Balaban J connectivity index is 1.44. The highest BCUT2D eigenvalue weighted by Gasteiger charge is 2.24. The molecule has 0 radical (unpaired) electrons. The predicted molar refractivity (Wildman–Crippen MR) is 116 cm³/mol. The van der Waals surface area contributed by atoms with E-state index in [1.807, 2.05) is 31.2 Å². The summed E-state index contributed by atoms with van der Waals surface area (Å²) >= 11 is 0. The molecule has 0 saturated carbocycles. The molecule has 0 atom stereocenters. The lowest BCUT2D eigenvalue weighted by Crippen LogP contribution is -2.05. The molecule has 1 heterocycles. The van der Waals surface area contributed by atoms with Crippen LogP contribution in [0.2, 0.25) is 0 Å². The van der Waals surface area contributed by atoms with Gasteiger partial charge in [0.05, 0.1) is 4.92 Å². The Kier molecular flexibility index (Phi) is 5.57. The topological polar surface area (TPSA) is 91.0 Å². The first-order valence-electron chi connectivity index (χ1n) is 9.54. The van der Waals surface area contributed by atoms with Gasteiger partial charge >= 0.3 is 5.97 Å². The zero-order valence-corrected chi connectivity index (χ0v) is 16.6. The van der Waals surface area contributed by atoms with E-state index in [0.29, 0.717) is 11.3 Å². The highest BCUT2D eigenvalue weighted by atomic mass is 16.6. The Morgan fingerprint density at radius 3 is 2.52 bits per heavy atom. The number of hydrogen-bond acceptors (Lipinski definition) is 6. The number of ether oxygens (including phenoxy) is 2. The van der Waals surface area contributed by atoms with Crippen molar-refractivity contribution in [1.29, 1.82) is 0 Å². The molecule has 0 unspecified atom stereocenters. The van der Waals surface area contributed by atoms with Crippen molar-refractivity contribution in [2.45, 2.75) is 13.5 Å². The largest absolute Gasteiger partial charge is 0.489 e. The number of benzene rings is 3. The Morgan fingerprint density at radius 2 is 1.81 bits per heavy atom. The minimum Gasteiger partial charge on any atom is -0.489 e. The molecule has 1 aliphatic rings. The lowest BCUT2D eigenvalue weighted by molar-refractivity contribution is -0.384. The van der Waals surface area contributed by atoms with Gasteiger partial charge in [0, 0.05) is 17.7 Å². The van der Waals surface area contributed by atoms with Crippen molar-refractivity contribution in [3.8, 4) is 5.75 Å². The molecule has 154 valence electrons. The van der Waals surface area contributed by atoms with Crippen molar-refractivity contribution < 1.29 is 19.2 Å². The first-order valence-corrected chi connectivity index (χ1v) is 9.54. The third kappa shape index (κ3) is 4.84. The first kappa shape index (κ1) is 20.0. The van der Waals surface area contributed by atoms with Crippen LogP contribution < -0.4 is 4.74 Å². The number of aryl methyl sites for hydroxylation is 1. The molecule has 3 aromatic rings. The zero-order valence-electron chi connectivity index (χ0n) is 16.6. The van der Waals surface area contributed by atoms with Crippen molar-refractivity contribution in [1.82, 2.24) is 0 Å². The maximum Gasteiger partial charge on any atom is 0.363 e. The number of hydrogen-bond donors (Lipinski definition) is 0. The summed E-state index contributed by atoms with van der Waals surface area (Å²) in [6, 6.07) is 21.0. The SMILES string of the molecule is Cc1ccc(C2=N/C(=C\c3ccc(OCc4cccc([N+](=O)[O-])c4)cc3)C(=O)O2)cc1. The van der Waals surface area contributed by atoms with Gasteiger partial charge in [0.25, 0.3) is 5.69 Å². The average molecular weight is 414 g/mol. The summed E-state index contributed by atoms with van der Waals surface area (Å²) < 4.78 is 11.0. The number of nitrogens with zero attached hydrogens (tertiary/aromatic N) is 2. The van der Waals surface area contributed by atoms with E-state index >= 15 is 0 Å². The molecule has 7 nitrogen and oxygen atoms in total. The van der Waals surface area contributed by atoms with Crippen molar-refractivity contribution in [3.63, 3.8) is 0 Å². The minimum atomic E-state index is -0.499. The van der Waals surface area contributed by atoms with Gasteiger partial charge in [-0.2, -0.15) is 0 Å². The molecule has 0 saturated heterocycles. The fourth-order valence-corrected chi connectivity index (χ4v) is 2.97. The molecule has 31 heavy (non-hydrogen) atoms. The fourth-order valence-electron chi connectivity index (χ4n) is 2.97. The molecular weight excluding hydrogens is 396 g/mol. The van der Waals surface area contributed by atoms with E-state index in [9.17, 15) is 14.9 Å². The quantitative estimate of drug-likeness (QED) is 0.249. The zero-order chi connectivity index (χ0) is 21.8. The van der Waals surface area contributed by atoms with Crippen molar-refractivity contribution >= 4 is 23.6 Å². The third-order valence-electron chi connectivity index (χ3n) is 4.63. The van der Waals surface area contributed by atoms with Gasteiger partial charge in [0.2, 0.25) is 5.90 Å². The molecule has 0 aliphatic carbocycles. The van der Waals surface area contributed by atoms with Gasteiger partial charge in [-0.25, -0.2) is 9.79 Å². The van der Waals surface area contributed by atoms with Crippen molar-refractivity contribution in [3.05, 3.63) is 111 Å². The van der Waals surface area contributed by atoms with Crippen LogP contribution in [-0.2, 0) is 16.1 Å². The van der Waals surface area contributed by atoms with E-state index in [1.54, 1.807) is 42.5 Å². The molecule has 3 aromatic carbocycles. The molecule has 0 spiro atoms. The van der Waals surface area contributed by atoms with Crippen LogP contribution in [0.4, 0.5) is 5.69 Å². The maximum atomic E-state index is 12.2. The Morgan fingerprint density at radius 1 is 1.06 bits per heavy atom. The van der Waals surface area contributed by atoms with Crippen LogP contribution in [-0.4, -0.2) is 16.8 Å². The summed E-state index contributed by atoms with van der Waals surface area (Å²) in [5.41, 5.74) is 3.57. The molecule has 7 heteroatoms. The van der Waals surface area contributed by atoms with Gasteiger partial charge in [-0.15, -0.1) is 0 Å². The third-order valence-corrected chi connectivity index (χ3v) is 4.63. The lowest BCUT2D eigenvalue weighted by Gasteiger charge is -2.06. The lowest BCUT2D eigenvalue weighted by atomic mass is 10.1. The van der Waals surface area contributed by atoms with Gasteiger partial charge in [-0.3, -0.25) is 10.1 Å². The molecule has 0 aromatic heterocycles. The number of nitro groups is 1. The molecule has 0 N–H and O–H groups in total. The highest BCUT2D eigenvalue weighted by Crippen LogP contribution is 2.22. The van der Waals surface area contributed by atoms with Crippen LogP contribution in [0.1, 0.15) is 22.3 Å². The fraction of sp³-hybridized carbons (Fsp3) is 0.0833. The van der Waals surface area contributed by atoms with Crippen LogP contribution in [0, 0.1) is 17.0 Å². The number of aliphatic imine (C=N–C) groups is 1. The normalized spacial score (nSPS) is 14.3. The van der Waals surface area contributed by atoms with Crippen LogP contribution >= 0.6 is 0 Å². The van der Waals surface area contributed by atoms with Crippen molar-refractivity contribution in [2.75, 3.05) is 0 Å². The van der Waals surface area contributed by atoms with E-state index in [0.717, 1.165) is 16.7 Å². The average Bonchev–Trinajstić information content (AvgIpc) is 3.14. The van der Waals surface area contributed by atoms with Crippen LogP contribution in [0.3, 0.4) is 0 Å². The minimum absolute atomic E-state index is 0.0251. The highest BCUT2D eigenvalue weighted by molar-refractivity contribution is 6.12. The molecular formula is C24H18N2O5. The molecule has 0 fully saturated rings. The van der Waals surface area contributed by atoms with E-state index in [2.05, 4.69) is 4.99 Å². The summed E-state index contributed by atoms with van der Waals surface area (Å²) in [5.74, 6) is 0.390. The van der Waals surface area contributed by atoms with E-state index in [4.69, 9.17) is 9.47 Å². The van der Waals surface area contributed by atoms with Crippen LogP contribution in [0.5, 0.6) is 5.75 Å². The van der Waals surface area contributed by atoms with E-state index in [-0.39, 0.29) is 23.9 Å². The summed E-state index contributed by atoms with van der Waals surface area (Å²) in [7, 11) is 0. The summed E-state index contributed by atoms with van der Waals surface area (Å²) in [6.45, 7) is 2.19. The number of rotatable bonds is 6. The monoisotopic (exact) mass is 414 g/mol. The van der Waals surface area contributed by atoms with Gasteiger partial charge in [-0.05, 0) is 48.4 Å². The maximum absolute atomic E-state index is 12.2. The number of carbonyl (C=O) groups is 1. The number of nitro benzene ring substituents is 1. The standard InChI is InChI=1S/C24H18N2O5/c1-16-5-9-19(10-6-16)23-25-22(24(27)31-23)14-17-7-11-21(12-8-17)30-15-18-3-2-4-20(13-18)26(28)29/h2-14H,15H2,1H3/b22-14-. The number of non-ortho nitro benzene ring substituents is 1. The smallest absolute Gasteiger partial charge is 0.363 e. The van der Waals surface area contributed by atoms with Crippen molar-refractivity contribution in [2.24, 2.45) is 4.99 Å². The van der Waals surface area contributed by atoms with Gasteiger partial charge in [-0.1, -0.05) is 42.0 Å². The molecule has 1 aliphatic heterocycles. The molecule has 0 amide bonds. The predicted octanol–water partition coefficient (Wildman–Crippen LogP) is 4.83. The Bertz CT molecular complexity index is 1200. The second-order valence-electron chi connectivity index (χ2n) is 6.99. The van der Waals surface area contributed by atoms with Gasteiger partial charge in [0.15, 0.2) is 5.70 Å².